The van der Waals surface area contributed by atoms with Gasteiger partial charge in [0.15, 0.2) is 6.10 Å². The number of fused-ring (bicyclic) bond motifs is 2. The highest BCUT2D eigenvalue weighted by Gasteiger charge is 2.22. The lowest BCUT2D eigenvalue weighted by Gasteiger charge is -2.14. The molecule has 1 amide bonds. The largest absolute Gasteiger partial charge is 0.449 e. The Bertz CT molecular complexity index is 1460. The molecule has 0 fully saturated rings. The number of carbonyl (C=O) groups excluding carboxylic acids is 2. The average Bonchev–Trinajstić information content (AvgIpc) is 3.27. The molecule has 10 nitrogen and oxygen atoms in total. The van der Waals surface area contributed by atoms with Crippen LogP contribution >= 0.6 is 0 Å². The second kappa shape index (κ2) is 9.59. The topological polar surface area (TPSA) is 136 Å². The van der Waals surface area contributed by atoms with Gasteiger partial charge in [0.2, 0.25) is 10.0 Å². The summed E-state index contributed by atoms with van der Waals surface area (Å²) in [6.07, 6.45) is 0.439. The van der Waals surface area contributed by atoms with Crippen LogP contribution in [0.25, 0.3) is 10.9 Å². The zero-order chi connectivity index (χ0) is 25.3. The molecule has 0 unspecified atom stereocenters. The molecule has 1 aromatic heterocycles. The lowest BCUT2D eigenvalue weighted by atomic mass is 10.1. The first-order valence-corrected chi connectivity index (χ1v) is 12.7. The zero-order valence-electron chi connectivity index (χ0n) is 19.6. The lowest BCUT2D eigenvalue weighted by Crippen LogP contribution is -2.31. The maximum absolute atomic E-state index is 12.6. The quantitative estimate of drug-likeness (QED) is 0.477. The zero-order valence-corrected chi connectivity index (χ0v) is 20.4. The van der Waals surface area contributed by atoms with Crippen molar-refractivity contribution in [2.45, 2.75) is 57.2 Å². The van der Waals surface area contributed by atoms with E-state index in [1.165, 1.54) is 43.3 Å². The van der Waals surface area contributed by atoms with Gasteiger partial charge in [-0.15, -0.1) is 0 Å². The van der Waals surface area contributed by atoms with E-state index in [0.717, 1.165) is 6.42 Å². The fraction of sp³-hybridized carbons (Fsp3) is 0.333. The molecule has 1 aliphatic heterocycles. The molecule has 0 bridgehead atoms. The van der Waals surface area contributed by atoms with Crippen molar-refractivity contribution in [1.29, 1.82) is 0 Å². The molecule has 35 heavy (non-hydrogen) atoms. The number of hydrogen-bond acceptors (Lipinski definition) is 7. The monoisotopic (exact) mass is 498 g/mol. The van der Waals surface area contributed by atoms with Crippen molar-refractivity contribution in [3.63, 3.8) is 0 Å². The van der Waals surface area contributed by atoms with Crippen LogP contribution in [0.2, 0.25) is 0 Å². The van der Waals surface area contributed by atoms with E-state index in [4.69, 9.17) is 4.74 Å². The Morgan fingerprint density at radius 1 is 1.09 bits per heavy atom. The summed E-state index contributed by atoms with van der Waals surface area (Å²) in [6, 6.07) is 9.91. The van der Waals surface area contributed by atoms with Crippen molar-refractivity contribution in [3.8, 4) is 0 Å². The summed E-state index contributed by atoms with van der Waals surface area (Å²) in [7, 11) is -3.65. The predicted molar refractivity (Wildman–Crippen MR) is 130 cm³/mol. The Balaban J connectivity index is 1.42. The van der Waals surface area contributed by atoms with Gasteiger partial charge in [-0.25, -0.2) is 22.9 Å². The Morgan fingerprint density at radius 3 is 2.49 bits per heavy atom. The van der Waals surface area contributed by atoms with E-state index >= 15 is 0 Å². The second-order valence-electron chi connectivity index (χ2n) is 8.66. The molecule has 1 aliphatic rings. The van der Waals surface area contributed by atoms with Crippen molar-refractivity contribution in [2.75, 3.05) is 5.32 Å². The van der Waals surface area contributed by atoms with Gasteiger partial charge in [-0.3, -0.25) is 14.2 Å². The van der Waals surface area contributed by atoms with E-state index in [1.807, 2.05) is 0 Å². The Labute approximate surface area is 202 Å². The summed E-state index contributed by atoms with van der Waals surface area (Å²) in [5, 5.41) is 3.02. The average molecular weight is 499 g/mol. The van der Waals surface area contributed by atoms with Gasteiger partial charge in [0, 0.05) is 24.7 Å². The van der Waals surface area contributed by atoms with E-state index in [-0.39, 0.29) is 22.1 Å². The number of sulfonamides is 1. The van der Waals surface area contributed by atoms with Crippen LogP contribution in [0.1, 0.15) is 43.4 Å². The Hall–Kier alpha value is -3.57. The minimum atomic E-state index is -3.65. The standard InChI is InChI=1S/C24H26N4O6S/c1-14(2)27-35(32,33)18-9-7-17(8-10-18)25-22(29)15(3)34-24(31)16-6-11-19-20(13-16)26-21-5-4-12-28(21)23(19)30/h6-11,13-15,27H,4-5,12H2,1-3H3,(H,25,29)/t15-/m1/s1. The van der Waals surface area contributed by atoms with Gasteiger partial charge >= 0.3 is 5.97 Å². The molecule has 2 heterocycles. The maximum atomic E-state index is 12.6. The van der Waals surface area contributed by atoms with Gasteiger partial charge in [0.1, 0.15) is 5.82 Å². The lowest BCUT2D eigenvalue weighted by molar-refractivity contribution is -0.123. The Morgan fingerprint density at radius 2 is 1.80 bits per heavy atom. The summed E-state index contributed by atoms with van der Waals surface area (Å²) in [5.74, 6) is -0.609. The van der Waals surface area contributed by atoms with Crippen LogP contribution in [0.4, 0.5) is 5.69 Å². The van der Waals surface area contributed by atoms with Crippen LogP contribution in [0.3, 0.4) is 0 Å². The first-order chi connectivity index (χ1) is 16.5. The van der Waals surface area contributed by atoms with Crippen LogP contribution in [-0.2, 0) is 32.5 Å². The number of carbonyl (C=O) groups is 2. The molecule has 184 valence electrons. The van der Waals surface area contributed by atoms with Crippen LogP contribution < -0.4 is 15.6 Å². The molecule has 0 spiro atoms. The second-order valence-corrected chi connectivity index (χ2v) is 10.4. The summed E-state index contributed by atoms with van der Waals surface area (Å²) in [5.41, 5.74) is 0.815. The molecular formula is C24H26N4O6S. The number of nitrogens with one attached hydrogen (secondary N) is 2. The maximum Gasteiger partial charge on any atom is 0.338 e. The molecular weight excluding hydrogens is 472 g/mol. The van der Waals surface area contributed by atoms with Gasteiger partial charge in [0.25, 0.3) is 11.5 Å². The molecule has 2 N–H and O–H groups in total. The first kappa shape index (κ1) is 24.6. The third kappa shape index (κ3) is 5.25. The van der Waals surface area contributed by atoms with Crippen LogP contribution in [-0.4, -0.2) is 42.0 Å². The SMILES string of the molecule is CC(C)NS(=O)(=O)c1ccc(NC(=O)[C@@H](C)OC(=O)c2ccc3c(=O)n4c(nc3c2)CCC4)cc1. The van der Waals surface area contributed by atoms with E-state index in [0.29, 0.717) is 35.4 Å². The number of hydrogen-bond donors (Lipinski definition) is 2. The van der Waals surface area contributed by atoms with Gasteiger partial charge in [-0.2, -0.15) is 0 Å². The molecule has 11 heteroatoms. The summed E-state index contributed by atoms with van der Waals surface area (Å²) in [6.45, 7) is 5.50. The van der Waals surface area contributed by atoms with Crippen LogP contribution in [0.5, 0.6) is 0 Å². The smallest absolute Gasteiger partial charge is 0.338 e. The third-order valence-electron chi connectivity index (χ3n) is 5.53. The van der Waals surface area contributed by atoms with Crippen molar-refractivity contribution in [1.82, 2.24) is 14.3 Å². The fourth-order valence-corrected chi connectivity index (χ4v) is 5.08. The van der Waals surface area contributed by atoms with Crippen molar-refractivity contribution in [2.24, 2.45) is 0 Å². The number of aromatic nitrogens is 2. The molecule has 0 radical (unpaired) electrons. The van der Waals surface area contributed by atoms with E-state index in [1.54, 1.807) is 24.5 Å². The van der Waals surface area contributed by atoms with Crippen LogP contribution in [0.15, 0.2) is 52.2 Å². The van der Waals surface area contributed by atoms with Crippen molar-refractivity contribution >= 4 is 38.5 Å². The molecule has 0 saturated carbocycles. The number of anilines is 1. The fourth-order valence-electron chi connectivity index (χ4n) is 3.83. The number of aryl methyl sites for hydroxylation is 1. The number of rotatable bonds is 7. The highest BCUT2D eigenvalue weighted by atomic mass is 32.2. The first-order valence-electron chi connectivity index (χ1n) is 11.2. The highest BCUT2D eigenvalue weighted by Crippen LogP contribution is 2.18. The molecule has 0 saturated heterocycles. The number of benzene rings is 2. The van der Waals surface area contributed by atoms with Crippen molar-refractivity contribution in [3.05, 3.63) is 64.2 Å². The summed E-state index contributed by atoms with van der Waals surface area (Å²) < 4.78 is 33.9. The number of nitrogens with zero attached hydrogens (tertiary/aromatic N) is 2. The highest BCUT2D eigenvalue weighted by molar-refractivity contribution is 7.89. The minimum absolute atomic E-state index is 0.0684. The summed E-state index contributed by atoms with van der Waals surface area (Å²) >= 11 is 0. The molecule has 0 aliphatic carbocycles. The number of amides is 1. The van der Waals surface area contributed by atoms with Gasteiger partial charge in [0.05, 0.1) is 21.4 Å². The van der Waals surface area contributed by atoms with Crippen molar-refractivity contribution < 1.29 is 22.7 Å². The number of esters is 1. The van der Waals surface area contributed by atoms with Gasteiger partial charge < -0.3 is 10.1 Å². The summed E-state index contributed by atoms with van der Waals surface area (Å²) in [4.78, 5) is 42.3. The van der Waals surface area contributed by atoms with E-state index < -0.39 is 28.0 Å². The van der Waals surface area contributed by atoms with Gasteiger partial charge in [-0.05, 0) is 69.7 Å². The Kier molecular flexibility index (Phi) is 6.73. The number of ether oxygens (including phenoxy) is 1. The molecule has 2 aromatic carbocycles. The molecule has 3 aromatic rings. The van der Waals surface area contributed by atoms with E-state index in [2.05, 4.69) is 15.0 Å². The normalized spacial score (nSPS) is 14.1. The van der Waals surface area contributed by atoms with Gasteiger partial charge in [-0.1, -0.05) is 0 Å². The molecule has 4 rings (SSSR count). The third-order valence-corrected chi connectivity index (χ3v) is 7.20. The van der Waals surface area contributed by atoms with E-state index in [9.17, 15) is 22.8 Å². The van der Waals surface area contributed by atoms with Crippen LogP contribution in [0, 0.1) is 0 Å². The molecule has 1 atom stereocenters. The predicted octanol–water partition coefficient (Wildman–Crippen LogP) is 2.21. The minimum Gasteiger partial charge on any atom is -0.449 e.